The van der Waals surface area contributed by atoms with E-state index < -0.39 is 23.9 Å². The Morgan fingerprint density at radius 3 is 1.59 bits per heavy atom. The van der Waals surface area contributed by atoms with E-state index in [0.717, 1.165) is 0 Å². The van der Waals surface area contributed by atoms with Gasteiger partial charge in [0.25, 0.3) is 12.3 Å². The summed E-state index contributed by atoms with van der Waals surface area (Å²) in [5, 5.41) is 8.23. The van der Waals surface area contributed by atoms with Crippen molar-refractivity contribution >= 4 is 30.2 Å². The van der Waals surface area contributed by atoms with Crippen LogP contribution in [0.1, 0.15) is 27.7 Å². The van der Waals surface area contributed by atoms with Gasteiger partial charge in [-0.05, 0) is 5.92 Å². The second-order valence-corrected chi connectivity index (χ2v) is 3.80. The van der Waals surface area contributed by atoms with Gasteiger partial charge in [0.05, 0.1) is 0 Å². The summed E-state index contributed by atoms with van der Waals surface area (Å²) in [7, 11) is 0. The summed E-state index contributed by atoms with van der Waals surface area (Å²) in [5.41, 5.74) is 5.16. The normalized spacial score (nSPS) is 10.9. The number of hydrogen-bond acceptors (Lipinski definition) is 7. The van der Waals surface area contributed by atoms with Gasteiger partial charge in [-0.25, -0.2) is 0 Å². The van der Waals surface area contributed by atoms with Crippen LogP contribution >= 0.6 is 12.3 Å². The lowest BCUT2D eigenvalue weighted by Crippen LogP contribution is -2.34. The molecule has 0 rings (SSSR count). The first-order chi connectivity index (χ1) is 7.68. The Bertz CT molecular complexity index is 254. The summed E-state index contributed by atoms with van der Waals surface area (Å²) < 4.78 is 8.37. The zero-order valence-electron chi connectivity index (χ0n) is 10.1. The van der Waals surface area contributed by atoms with Gasteiger partial charge in [-0.2, -0.15) is 0 Å². The van der Waals surface area contributed by atoms with Crippen molar-refractivity contribution < 1.29 is 27.9 Å². The summed E-state index contributed by atoms with van der Waals surface area (Å²) in [4.78, 5) is 30.0. The maximum Gasteiger partial charge on any atom is 0.320 e. The molecule has 0 aromatic rings. The van der Waals surface area contributed by atoms with Gasteiger partial charge in [-0.15, -0.1) is 0 Å². The fourth-order valence-corrected chi connectivity index (χ4v) is 0.624. The molecule has 0 aromatic carbocycles. The molecule has 17 heavy (non-hydrogen) atoms. The molecule has 1 atom stereocenters. The van der Waals surface area contributed by atoms with Gasteiger partial charge in [0.2, 0.25) is 0 Å². The maximum atomic E-state index is 10.0. The van der Waals surface area contributed by atoms with E-state index in [9.17, 15) is 14.4 Å². The van der Waals surface area contributed by atoms with Gasteiger partial charge in [0.15, 0.2) is 0 Å². The average Bonchev–Trinajstić information content (AvgIpc) is 2.15. The lowest BCUT2D eigenvalue weighted by atomic mass is 10.1. The molecule has 0 aromatic heterocycles. The molecule has 0 spiro atoms. The number of carbonyl (C=O) groups excluding carboxylic acids is 2. The lowest BCUT2D eigenvalue weighted by molar-refractivity contribution is -0.139. The van der Waals surface area contributed by atoms with Crippen LogP contribution < -0.4 is 5.73 Å². The van der Waals surface area contributed by atoms with Crippen LogP contribution in [0.15, 0.2) is 0 Å². The summed E-state index contributed by atoms with van der Waals surface area (Å²) in [6.07, 6.45) is 0. The summed E-state index contributed by atoms with van der Waals surface area (Å²) in [6.45, 7) is 5.99. The predicted molar refractivity (Wildman–Crippen MR) is 61.6 cm³/mol. The topological polar surface area (TPSA) is 116 Å². The molecule has 0 unspecified atom stereocenters. The number of nitrogens with two attached hydrogens (primary N) is 1. The molecule has 0 saturated heterocycles. The van der Waals surface area contributed by atoms with E-state index in [0.29, 0.717) is 12.3 Å². The zero-order valence-corrected chi connectivity index (χ0v) is 10.9. The van der Waals surface area contributed by atoms with E-state index in [-0.39, 0.29) is 5.92 Å². The summed E-state index contributed by atoms with van der Waals surface area (Å²) in [5.74, 6) is -1.91. The number of carboxylic acids is 1. The third kappa shape index (κ3) is 14.7. The standard InChI is InChI=1S/C5H11NO2.C4H6O4S/c1-3(2)4(6)5(7)8;1-3(5)7-9-8-4(2)6/h3-4H,6H2,1-2H3,(H,7,8);1-2H3/t4-;/m0./s1. The fourth-order valence-electron chi connectivity index (χ4n) is 0.398. The Morgan fingerprint density at radius 2 is 1.47 bits per heavy atom. The van der Waals surface area contributed by atoms with Crippen LogP contribution in [0.3, 0.4) is 0 Å². The third-order valence-electron chi connectivity index (χ3n) is 1.31. The lowest BCUT2D eigenvalue weighted by Gasteiger charge is -2.07. The van der Waals surface area contributed by atoms with Crippen molar-refractivity contribution in [3.63, 3.8) is 0 Å². The molecular weight excluding hydrogens is 250 g/mol. The SMILES string of the molecule is CC(=O)OSOC(C)=O.CC(C)[C@H](N)C(=O)O. The number of hydrogen-bond donors (Lipinski definition) is 2. The largest absolute Gasteiger partial charge is 0.480 e. The minimum atomic E-state index is -0.931. The van der Waals surface area contributed by atoms with Crippen LogP contribution in [0.2, 0.25) is 0 Å². The molecule has 0 aliphatic carbocycles. The first-order valence-electron chi connectivity index (χ1n) is 4.69. The molecule has 0 aliphatic heterocycles. The molecule has 7 nitrogen and oxygen atoms in total. The molecule has 0 aliphatic rings. The molecule has 0 radical (unpaired) electrons. The van der Waals surface area contributed by atoms with E-state index in [4.69, 9.17) is 10.8 Å². The van der Waals surface area contributed by atoms with Crippen LogP contribution in [0.25, 0.3) is 0 Å². The molecule has 0 fully saturated rings. The van der Waals surface area contributed by atoms with Crippen LogP contribution in [0.4, 0.5) is 0 Å². The highest BCUT2D eigenvalue weighted by Crippen LogP contribution is 2.03. The van der Waals surface area contributed by atoms with Crippen molar-refractivity contribution in [3.8, 4) is 0 Å². The number of carboxylic acid groups (broad SMARTS) is 1. The molecule has 100 valence electrons. The van der Waals surface area contributed by atoms with Crippen LogP contribution in [-0.4, -0.2) is 29.1 Å². The minimum Gasteiger partial charge on any atom is -0.480 e. The van der Waals surface area contributed by atoms with Gasteiger partial charge >= 0.3 is 17.9 Å². The Balaban J connectivity index is 0. The van der Waals surface area contributed by atoms with Gasteiger partial charge in [-0.1, -0.05) is 13.8 Å². The number of carbonyl (C=O) groups is 3. The minimum absolute atomic E-state index is 0.0208. The van der Waals surface area contributed by atoms with Crippen LogP contribution in [-0.2, 0) is 22.7 Å². The van der Waals surface area contributed by atoms with Gasteiger partial charge in [-0.3, -0.25) is 14.4 Å². The summed E-state index contributed by atoms with van der Waals surface area (Å²) in [6, 6.07) is -0.713. The van der Waals surface area contributed by atoms with E-state index in [2.05, 4.69) is 8.37 Å². The average molecular weight is 267 g/mol. The highest BCUT2D eigenvalue weighted by atomic mass is 32.2. The number of rotatable bonds is 4. The van der Waals surface area contributed by atoms with Crippen molar-refractivity contribution in [2.24, 2.45) is 11.7 Å². The fraction of sp³-hybridized carbons (Fsp3) is 0.667. The van der Waals surface area contributed by atoms with Crippen molar-refractivity contribution in [2.75, 3.05) is 0 Å². The second kappa shape index (κ2) is 9.91. The van der Waals surface area contributed by atoms with Gasteiger partial charge in [0, 0.05) is 13.8 Å². The Labute approximate surface area is 104 Å². The molecule has 0 bridgehead atoms. The van der Waals surface area contributed by atoms with Gasteiger partial charge < -0.3 is 19.2 Å². The quantitative estimate of drug-likeness (QED) is 0.716. The van der Waals surface area contributed by atoms with Crippen molar-refractivity contribution in [2.45, 2.75) is 33.7 Å². The molecule has 3 N–H and O–H groups in total. The van der Waals surface area contributed by atoms with E-state index in [1.807, 2.05) is 0 Å². The Kier molecular flexibility index (Phi) is 10.6. The molecule has 0 saturated carbocycles. The Hall–Kier alpha value is -1.28. The predicted octanol–water partition coefficient (Wildman–Crippen LogP) is 0.730. The molecular formula is C9H17NO6S. The number of aliphatic carboxylic acids is 1. The van der Waals surface area contributed by atoms with Crippen LogP contribution in [0.5, 0.6) is 0 Å². The van der Waals surface area contributed by atoms with Crippen molar-refractivity contribution in [3.05, 3.63) is 0 Å². The first kappa shape index (κ1) is 18.1. The van der Waals surface area contributed by atoms with Gasteiger partial charge in [0.1, 0.15) is 6.04 Å². The second-order valence-electron chi connectivity index (χ2n) is 3.33. The molecule has 0 amide bonds. The molecule has 8 heteroatoms. The smallest absolute Gasteiger partial charge is 0.320 e. The van der Waals surface area contributed by atoms with E-state index >= 15 is 0 Å². The Morgan fingerprint density at radius 1 is 1.12 bits per heavy atom. The van der Waals surface area contributed by atoms with Crippen molar-refractivity contribution in [1.29, 1.82) is 0 Å². The van der Waals surface area contributed by atoms with Crippen molar-refractivity contribution in [1.82, 2.24) is 0 Å². The third-order valence-corrected chi connectivity index (χ3v) is 1.91. The highest BCUT2D eigenvalue weighted by molar-refractivity contribution is 7.90. The zero-order chi connectivity index (χ0) is 14.0. The van der Waals surface area contributed by atoms with Crippen LogP contribution in [0, 0.1) is 5.92 Å². The summed E-state index contributed by atoms with van der Waals surface area (Å²) >= 11 is 0.370. The molecule has 0 heterocycles. The van der Waals surface area contributed by atoms with E-state index in [1.165, 1.54) is 13.8 Å². The highest BCUT2D eigenvalue weighted by Gasteiger charge is 2.14. The maximum absolute atomic E-state index is 10.0. The first-order valence-corrected chi connectivity index (χ1v) is 5.35. The van der Waals surface area contributed by atoms with E-state index in [1.54, 1.807) is 13.8 Å². The monoisotopic (exact) mass is 267 g/mol.